The van der Waals surface area contributed by atoms with Crippen LogP contribution in [0.3, 0.4) is 0 Å². The molecule has 0 heterocycles. The van der Waals surface area contributed by atoms with Gasteiger partial charge in [-0.1, -0.05) is 12.0 Å². The van der Waals surface area contributed by atoms with Crippen LogP contribution < -0.4 is 0 Å². The van der Waals surface area contributed by atoms with E-state index >= 15 is 0 Å². The Labute approximate surface area is 92.9 Å². The molecule has 0 aliphatic rings. The van der Waals surface area contributed by atoms with Crippen molar-refractivity contribution in [2.24, 2.45) is 0 Å². The van der Waals surface area contributed by atoms with Crippen molar-refractivity contribution in [1.29, 1.82) is 0 Å². The molecule has 0 atom stereocenters. The Morgan fingerprint density at radius 1 is 1.38 bits per heavy atom. The fraction of sp³-hybridized carbons (Fsp3) is 0.167. The zero-order valence-electron chi connectivity index (χ0n) is 8.90. The number of hydrogen-bond acceptors (Lipinski definition) is 3. The number of carboxylic acid groups (broad SMARTS) is 1. The number of methoxy groups -OCH3 is 1. The maximum atomic E-state index is 10.9. The Hall–Kier alpha value is -2.28. The van der Waals surface area contributed by atoms with Gasteiger partial charge in [0.25, 0.3) is 0 Å². The quantitative estimate of drug-likeness (QED) is 0.568. The van der Waals surface area contributed by atoms with Crippen molar-refractivity contribution < 1.29 is 19.4 Å². The number of aromatic carboxylic acids is 1. The molecule has 0 amide bonds. The van der Waals surface area contributed by atoms with Crippen LogP contribution in [0.25, 0.3) is 0 Å². The molecule has 4 heteroatoms. The van der Waals surface area contributed by atoms with Crippen LogP contribution in [0.15, 0.2) is 18.2 Å². The Morgan fingerprint density at radius 3 is 2.62 bits per heavy atom. The van der Waals surface area contributed by atoms with Crippen LogP contribution in [0.4, 0.5) is 0 Å². The number of esters is 1. The highest BCUT2D eigenvalue weighted by Crippen LogP contribution is 2.10. The minimum Gasteiger partial charge on any atom is -0.478 e. The lowest BCUT2D eigenvalue weighted by atomic mass is 10.1. The van der Waals surface area contributed by atoms with Gasteiger partial charge in [0.1, 0.15) is 0 Å². The average molecular weight is 218 g/mol. The molecule has 1 N–H and O–H groups in total. The molecule has 0 fully saturated rings. The summed E-state index contributed by atoms with van der Waals surface area (Å²) in [7, 11) is 1.21. The summed E-state index contributed by atoms with van der Waals surface area (Å²) in [6.07, 6.45) is 0. The summed E-state index contributed by atoms with van der Waals surface area (Å²) in [5.74, 6) is 2.91. The molecule has 16 heavy (non-hydrogen) atoms. The lowest BCUT2D eigenvalue weighted by Crippen LogP contribution is -2.01. The van der Waals surface area contributed by atoms with Crippen LogP contribution in [0.1, 0.15) is 21.5 Å². The molecule has 0 aromatic heterocycles. The molecule has 0 saturated carbocycles. The summed E-state index contributed by atoms with van der Waals surface area (Å²) < 4.78 is 4.34. The Kier molecular flexibility index (Phi) is 3.67. The fourth-order valence-corrected chi connectivity index (χ4v) is 1.12. The van der Waals surface area contributed by atoms with E-state index in [1.165, 1.54) is 13.2 Å². The molecule has 0 aliphatic heterocycles. The summed E-state index contributed by atoms with van der Waals surface area (Å²) >= 11 is 0. The smallest absolute Gasteiger partial charge is 0.384 e. The first-order chi connectivity index (χ1) is 7.54. The lowest BCUT2D eigenvalue weighted by molar-refractivity contribution is -0.133. The number of ether oxygens (including phenoxy) is 1. The van der Waals surface area contributed by atoms with Crippen molar-refractivity contribution in [2.75, 3.05) is 7.11 Å². The molecule has 0 radical (unpaired) electrons. The van der Waals surface area contributed by atoms with E-state index in [9.17, 15) is 9.59 Å². The standard InChI is InChI=1S/C12H10O4/c1-8-3-5-10(12(14)15)9(7-8)4-6-11(13)16-2/h3,5,7H,1-2H3,(H,14,15). The van der Waals surface area contributed by atoms with Gasteiger partial charge in [0.15, 0.2) is 0 Å². The summed E-state index contributed by atoms with van der Waals surface area (Å²) in [6.45, 7) is 1.81. The lowest BCUT2D eigenvalue weighted by Gasteiger charge is -2.00. The van der Waals surface area contributed by atoms with Crippen molar-refractivity contribution in [3.8, 4) is 11.8 Å². The van der Waals surface area contributed by atoms with Crippen LogP contribution in [-0.2, 0) is 9.53 Å². The summed E-state index contributed by atoms with van der Waals surface area (Å²) in [5.41, 5.74) is 1.25. The number of benzene rings is 1. The van der Waals surface area contributed by atoms with Crippen molar-refractivity contribution in [2.45, 2.75) is 6.92 Å². The van der Waals surface area contributed by atoms with E-state index in [4.69, 9.17) is 5.11 Å². The second kappa shape index (κ2) is 4.99. The number of carboxylic acids is 1. The molecule has 4 nitrogen and oxygen atoms in total. The molecule has 0 spiro atoms. The van der Waals surface area contributed by atoms with Crippen molar-refractivity contribution >= 4 is 11.9 Å². The van der Waals surface area contributed by atoms with Gasteiger partial charge in [-0.3, -0.25) is 0 Å². The summed E-state index contributed by atoms with van der Waals surface area (Å²) in [4.78, 5) is 21.7. The van der Waals surface area contributed by atoms with Gasteiger partial charge in [0.2, 0.25) is 0 Å². The molecule has 1 rings (SSSR count). The molecular weight excluding hydrogens is 208 g/mol. The minimum atomic E-state index is -1.07. The van der Waals surface area contributed by atoms with Gasteiger partial charge in [-0.2, -0.15) is 0 Å². The predicted octanol–water partition coefficient (Wildman–Crippen LogP) is 1.22. The number of aryl methyl sites for hydroxylation is 1. The van der Waals surface area contributed by atoms with E-state index in [-0.39, 0.29) is 5.56 Å². The van der Waals surface area contributed by atoms with Gasteiger partial charge >= 0.3 is 11.9 Å². The van der Waals surface area contributed by atoms with Crippen LogP contribution in [0.2, 0.25) is 0 Å². The number of carbonyl (C=O) groups excluding carboxylic acids is 1. The Bertz CT molecular complexity index is 491. The van der Waals surface area contributed by atoms with E-state index in [0.717, 1.165) is 5.56 Å². The minimum absolute atomic E-state index is 0.0713. The van der Waals surface area contributed by atoms with Crippen LogP contribution in [0, 0.1) is 18.8 Å². The van der Waals surface area contributed by atoms with Crippen molar-refractivity contribution in [3.05, 3.63) is 34.9 Å². The first kappa shape index (κ1) is 11.8. The maximum Gasteiger partial charge on any atom is 0.384 e. The summed E-state index contributed by atoms with van der Waals surface area (Å²) in [6, 6.07) is 4.74. The zero-order chi connectivity index (χ0) is 12.1. The van der Waals surface area contributed by atoms with Crippen LogP contribution in [-0.4, -0.2) is 24.2 Å². The van der Waals surface area contributed by atoms with Crippen molar-refractivity contribution in [1.82, 2.24) is 0 Å². The second-order valence-electron chi connectivity index (χ2n) is 3.10. The van der Waals surface area contributed by atoms with E-state index in [1.807, 2.05) is 6.92 Å². The molecule has 0 saturated heterocycles. The molecular formula is C12H10O4. The topological polar surface area (TPSA) is 63.6 Å². The van der Waals surface area contributed by atoms with E-state index in [1.54, 1.807) is 12.1 Å². The zero-order valence-corrected chi connectivity index (χ0v) is 8.90. The van der Waals surface area contributed by atoms with E-state index in [2.05, 4.69) is 16.6 Å². The van der Waals surface area contributed by atoms with Crippen molar-refractivity contribution in [3.63, 3.8) is 0 Å². The first-order valence-electron chi connectivity index (χ1n) is 4.48. The van der Waals surface area contributed by atoms with Gasteiger partial charge in [-0.25, -0.2) is 9.59 Å². The summed E-state index contributed by atoms with van der Waals surface area (Å²) in [5, 5.41) is 8.90. The number of carbonyl (C=O) groups is 2. The van der Waals surface area contributed by atoms with Gasteiger partial charge < -0.3 is 9.84 Å². The van der Waals surface area contributed by atoms with E-state index in [0.29, 0.717) is 5.56 Å². The van der Waals surface area contributed by atoms with Crippen LogP contribution in [0.5, 0.6) is 0 Å². The Morgan fingerprint density at radius 2 is 2.06 bits per heavy atom. The maximum absolute atomic E-state index is 10.9. The van der Waals surface area contributed by atoms with Gasteiger partial charge in [-0.05, 0) is 24.6 Å². The number of hydrogen-bond donors (Lipinski definition) is 1. The highest BCUT2D eigenvalue weighted by atomic mass is 16.5. The molecule has 82 valence electrons. The SMILES string of the molecule is COC(=O)C#Cc1cc(C)ccc1C(=O)O. The normalized spacial score (nSPS) is 8.88. The molecule has 1 aromatic rings. The third-order valence-corrected chi connectivity index (χ3v) is 1.89. The molecule has 1 aromatic carbocycles. The number of rotatable bonds is 1. The molecule has 0 unspecified atom stereocenters. The monoisotopic (exact) mass is 218 g/mol. The van der Waals surface area contributed by atoms with Crippen LogP contribution >= 0.6 is 0 Å². The highest BCUT2D eigenvalue weighted by molar-refractivity contribution is 5.93. The molecule has 0 bridgehead atoms. The Balaban J connectivity index is 3.19. The fourth-order valence-electron chi connectivity index (χ4n) is 1.12. The van der Waals surface area contributed by atoms with Gasteiger partial charge in [0, 0.05) is 11.5 Å². The highest BCUT2D eigenvalue weighted by Gasteiger charge is 2.08. The van der Waals surface area contributed by atoms with Gasteiger partial charge in [0.05, 0.1) is 12.7 Å². The van der Waals surface area contributed by atoms with E-state index < -0.39 is 11.9 Å². The second-order valence-corrected chi connectivity index (χ2v) is 3.10. The largest absolute Gasteiger partial charge is 0.478 e. The third-order valence-electron chi connectivity index (χ3n) is 1.89. The van der Waals surface area contributed by atoms with Gasteiger partial charge in [-0.15, -0.1) is 0 Å². The first-order valence-corrected chi connectivity index (χ1v) is 4.48. The average Bonchev–Trinajstić information content (AvgIpc) is 2.25. The molecule has 0 aliphatic carbocycles. The third kappa shape index (κ3) is 2.85. The predicted molar refractivity (Wildman–Crippen MR) is 57.0 cm³/mol.